The maximum Gasteiger partial charge on any atom is 0.269 e. The fourth-order valence-electron chi connectivity index (χ4n) is 1.74. The summed E-state index contributed by atoms with van der Waals surface area (Å²) >= 11 is 1.66. The summed E-state index contributed by atoms with van der Waals surface area (Å²) in [7, 11) is 0. The lowest BCUT2D eigenvalue weighted by molar-refractivity contribution is -0.121. The third-order valence-corrected chi connectivity index (χ3v) is 3.77. The highest BCUT2D eigenvalue weighted by Crippen LogP contribution is 2.11. The van der Waals surface area contributed by atoms with Crippen molar-refractivity contribution in [3.63, 3.8) is 0 Å². The first-order valence-corrected chi connectivity index (χ1v) is 7.40. The molecule has 6 heteroatoms. The van der Waals surface area contributed by atoms with E-state index in [4.69, 9.17) is 0 Å². The van der Waals surface area contributed by atoms with Crippen LogP contribution in [-0.2, 0) is 11.2 Å². The Morgan fingerprint density at radius 2 is 1.86 bits per heavy atom. The number of hydrazine groups is 1. The molecule has 0 aliphatic carbocycles. The molecule has 0 spiro atoms. The van der Waals surface area contributed by atoms with Crippen LogP contribution >= 0.6 is 11.3 Å². The number of carbonyl (C=O) groups excluding carboxylic acids is 2. The lowest BCUT2D eigenvalue weighted by atomic mass is 10.2. The molecule has 0 saturated heterocycles. The highest BCUT2D eigenvalue weighted by atomic mass is 32.1. The first kappa shape index (κ1) is 15.2. The maximum absolute atomic E-state index is 12.7. The van der Waals surface area contributed by atoms with Crippen LogP contribution < -0.4 is 10.9 Å². The van der Waals surface area contributed by atoms with Gasteiger partial charge in [0.05, 0.1) is 0 Å². The van der Waals surface area contributed by atoms with Gasteiger partial charge in [0.1, 0.15) is 5.82 Å². The van der Waals surface area contributed by atoms with Gasteiger partial charge in [-0.2, -0.15) is 0 Å². The van der Waals surface area contributed by atoms with E-state index in [1.165, 1.54) is 29.1 Å². The summed E-state index contributed by atoms with van der Waals surface area (Å²) in [6, 6.07) is 9.10. The predicted octanol–water partition coefficient (Wildman–Crippen LogP) is 2.67. The summed E-state index contributed by atoms with van der Waals surface area (Å²) < 4.78 is 12.7. The number of hydrogen-bond acceptors (Lipinski definition) is 3. The van der Waals surface area contributed by atoms with Crippen LogP contribution in [0.2, 0.25) is 0 Å². The van der Waals surface area contributed by atoms with Crippen molar-refractivity contribution in [2.45, 2.75) is 19.3 Å². The topological polar surface area (TPSA) is 58.2 Å². The largest absolute Gasteiger partial charge is 0.273 e. The van der Waals surface area contributed by atoms with Gasteiger partial charge in [0.2, 0.25) is 5.91 Å². The number of carbonyl (C=O) groups is 2. The molecule has 4 nitrogen and oxygen atoms in total. The normalized spacial score (nSPS) is 10.1. The van der Waals surface area contributed by atoms with Crippen LogP contribution in [0.5, 0.6) is 0 Å². The fraction of sp³-hybridized carbons (Fsp3) is 0.200. The van der Waals surface area contributed by atoms with Gasteiger partial charge in [-0.25, -0.2) is 4.39 Å². The third kappa shape index (κ3) is 5.00. The molecule has 0 radical (unpaired) electrons. The van der Waals surface area contributed by atoms with Gasteiger partial charge in [-0.3, -0.25) is 20.4 Å². The number of thiophene rings is 1. The summed E-state index contributed by atoms with van der Waals surface area (Å²) in [5.74, 6) is -1.13. The number of rotatable bonds is 5. The summed E-state index contributed by atoms with van der Waals surface area (Å²) in [5, 5.41) is 2.00. The molecule has 0 fully saturated rings. The Hall–Kier alpha value is -2.21. The summed E-state index contributed by atoms with van der Waals surface area (Å²) in [5.41, 5.74) is 4.94. The summed E-state index contributed by atoms with van der Waals surface area (Å²) in [6.45, 7) is 0. The van der Waals surface area contributed by atoms with Crippen LogP contribution in [0, 0.1) is 5.82 Å². The molecule has 0 atom stereocenters. The minimum Gasteiger partial charge on any atom is -0.273 e. The Balaban J connectivity index is 1.68. The zero-order valence-corrected chi connectivity index (χ0v) is 12.1. The van der Waals surface area contributed by atoms with Crippen LogP contribution in [0.15, 0.2) is 41.8 Å². The van der Waals surface area contributed by atoms with Crippen molar-refractivity contribution in [1.29, 1.82) is 0 Å². The van der Waals surface area contributed by atoms with Gasteiger partial charge in [0.25, 0.3) is 5.91 Å². The lowest BCUT2D eigenvalue weighted by Gasteiger charge is -2.07. The first-order valence-electron chi connectivity index (χ1n) is 6.52. The molecule has 2 amide bonds. The molecule has 2 aromatic rings. The third-order valence-electron chi connectivity index (χ3n) is 2.83. The number of aryl methyl sites for hydroxylation is 1. The Kier molecular flexibility index (Phi) is 5.45. The average Bonchev–Trinajstić information content (AvgIpc) is 2.99. The Morgan fingerprint density at radius 1 is 1.10 bits per heavy atom. The standard InChI is InChI=1S/C15H15FN2O2S/c16-12-8-6-11(7-9-12)15(20)18-17-14(19)5-1-3-13-4-2-10-21-13/h2,4,6-10H,1,3,5H2,(H,17,19)(H,18,20). The van der Waals surface area contributed by atoms with Crippen molar-refractivity contribution in [2.24, 2.45) is 0 Å². The number of halogens is 1. The SMILES string of the molecule is O=C(CCCc1cccs1)NNC(=O)c1ccc(F)cc1. The van der Waals surface area contributed by atoms with Crippen molar-refractivity contribution >= 4 is 23.2 Å². The molecule has 0 bridgehead atoms. The van der Waals surface area contributed by atoms with Gasteiger partial charge >= 0.3 is 0 Å². The molecule has 0 saturated carbocycles. The van der Waals surface area contributed by atoms with Crippen molar-refractivity contribution in [3.8, 4) is 0 Å². The number of hydrogen-bond donors (Lipinski definition) is 2. The highest BCUT2D eigenvalue weighted by molar-refractivity contribution is 7.09. The molecule has 2 N–H and O–H groups in total. The van der Waals surface area contributed by atoms with Crippen LogP contribution in [0.3, 0.4) is 0 Å². The minimum absolute atomic E-state index is 0.248. The highest BCUT2D eigenvalue weighted by Gasteiger charge is 2.07. The van der Waals surface area contributed by atoms with E-state index in [0.717, 1.165) is 12.8 Å². The van der Waals surface area contributed by atoms with Crippen LogP contribution in [0.25, 0.3) is 0 Å². The number of nitrogens with one attached hydrogen (secondary N) is 2. The zero-order valence-electron chi connectivity index (χ0n) is 11.3. The molecule has 0 aliphatic heterocycles. The Bertz CT molecular complexity index is 597. The molecule has 0 unspecified atom stereocenters. The van der Waals surface area contributed by atoms with Gasteiger partial charge < -0.3 is 0 Å². The van der Waals surface area contributed by atoms with E-state index in [9.17, 15) is 14.0 Å². The molecular weight excluding hydrogens is 291 g/mol. The van der Waals surface area contributed by atoms with E-state index in [-0.39, 0.29) is 11.5 Å². The zero-order chi connectivity index (χ0) is 15.1. The Labute approximate surface area is 126 Å². The monoisotopic (exact) mass is 306 g/mol. The summed E-state index contributed by atoms with van der Waals surface area (Å²) in [6.07, 6.45) is 1.90. The van der Waals surface area contributed by atoms with Crippen LogP contribution in [-0.4, -0.2) is 11.8 Å². The molecule has 1 heterocycles. The van der Waals surface area contributed by atoms with Crippen molar-refractivity contribution < 1.29 is 14.0 Å². The van der Waals surface area contributed by atoms with E-state index in [1.807, 2.05) is 17.5 Å². The molecule has 2 rings (SSSR count). The number of benzene rings is 1. The van der Waals surface area contributed by atoms with E-state index < -0.39 is 11.7 Å². The van der Waals surface area contributed by atoms with Crippen LogP contribution in [0.1, 0.15) is 28.1 Å². The van der Waals surface area contributed by atoms with E-state index in [2.05, 4.69) is 10.9 Å². The van der Waals surface area contributed by atoms with Gasteiger partial charge in [0.15, 0.2) is 0 Å². The van der Waals surface area contributed by atoms with E-state index in [0.29, 0.717) is 6.42 Å². The second-order valence-electron chi connectivity index (χ2n) is 4.44. The smallest absolute Gasteiger partial charge is 0.269 e. The molecular formula is C15H15FN2O2S. The van der Waals surface area contributed by atoms with Gasteiger partial charge in [0, 0.05) is 16.9 Å². The first-order chi connectivity index (χ1) is 10.1. The van der Waals surface area contributed by atoms with Gasteiger partial charge in [-0.1, -0.05) is 6.07 Å². The maximum atomic E-state index is 12.7. The average molecular weight is 306 g/mol. The van der Waals surface area contributed by atoms with Crippen molar-refractivity contribution in [2.75, 3.05) is 0 Å². The second kappa shape index (κ2) is 7.54. The molecule has 110 valence electrons. The quantitative estimate of drug-likeness (QED) is 0.834. The van der Waals surface area contributed by atoms with Crippen LogP contribution in [0.4, 0.5) is 4.39 Å². The minimum atomic E-state index is -0.471. The van der Waals surface area contributed by atoms with Crippen molar-refractivity contribution in [1.82, 2.24) is 10.9 Å². The van der Waals surface area contributed by atoms with Crippen molar-refractivity contribution in [3.05, 3.63) is 58.0 Å². The van der Waals surface area contributed by atoms with Gasteiger partial charge in [-0.15, -0.1) is 11.3 Å². The second-order valence-corrected chi connectivity index (χ2v) is 5.47. The number of amides is 2. The Morgan fingerprint density at radius 3 is 2.52 bits per heavy atom. The fourth-order valence-corrected chi connectivity index (χ4v) is 2.49. The predicted molar refractivity (Wildman–Crippen MR) is 79.3 cm³/mol. The molecule has 0 aliphatic rings. The summed E-state index contributed by atoms with van der Waals surface area (Å²) in [4.78, 5) is 24.5. The van der Waals surface area contributed by atoms with E-state index in [1.54, 1.807) is 11.3 Å². The van der Waals surface area contributed by atoms with E-state index >= 15 is 0 Å². The lowest BCUT2D eigenvalue weighted by Crippen LogP contribution is -2.41. The molecule has 1 aromatic carbocycles. The molecule has 1 aromatic heterocycles. The van der Waals surface area contributed by atoms with Gasteiger partial charge in [-0.05, 0) is 48.6 Å². The molecule has 21 heavy (non-hydrogen) atoms.